The molecule has 4 rings (SSSR count). The van der Waals surface area contributed by atoms with Crippen molar-refractivity contribution in [3.8, 4) is 0 Å². The fourth-order valence-electron chi connectivity index (χ4n) is 4.37. The lowest BCUT2D eigenvalue weighted by Gasteiger charge is -2.24. The van der Waals surface area contributed by atoms with Gasteiger partial charge in [0.05, 0.1) is 6.10 Å². The third kappa shape index (κ3) is 3.75. The molecule has 4 heteroatoms. The standard InChI is InChI=1S/C22H26N2O2/c25-19-12-10-16-7-4-8-21(20(16)14-19)24-22(26)23-18-11-9-17(13-18)15-5-2-1-3-6-15/h1-8,17-19,25H,9-14H2,(H2,23,24,26)/t17-,18+,19-/m0/s1. The first-order chi connectivity index (χ1) is 12.7. The van der Waals surface area contributed by atoms with Crippen LogP contribution in [0.2, 0.25) is 0 Å². The van der Waals surface area contributed by atoms with Crippen molar-refractivity contribution in [1.29, 1.82) is 0 Å². The van der Waals surface area contributed by atoms with Gasteiger partial charge in [-0.3, -0.25) is 0 Å². The first kappa shape index (κ1) is 17.1. The van der Waals surface area contributed by atoms with Gasteiger partial charge in [0.25, 0.3) is 0 Å². The van der Waals surface area contributed by atoms with Gasteiger partial charge in [0.2, 0.25) is 0 Å². The monoisotopic (exact) mass is 350 g/mol. The SMILES string of the molecule is O=C(Nc1cccc2c1C[C@@H](O)CC2)N[C@@H]1CC[C@H](c2ccccc2)C1. The summed E-state index contributed by atoms with van der Waals surface area (Å²) in [6.45, 7) is 0. The summed E-state index contributed by atoms with van der Waals surface area (Å²) in [4.78, 5) is 12.5. The topological polar surface area (TPSA) is 61.4 Å². The average Bonchev–Trinajstić information content (AvgIpc) is 3.11. The van der Waals surface area contributed by atoms with Gasteiger partial charge >= 0.3 is 6.03 Å². The number of aliphatic hydroxyl groups excluding tert-OH is 1. The molecule has 4 nitrogen and oxygen atoms in total. The van der Waals surface area contributed by atoms with Crippen molar-refractivity contribution < 1.29 is 9.90 Å². The van der Waals surface area contributed by atoms with Crippen molar-refractivity contribution in [2.45, 2.75) is 56.6 Å². The first-order valence-electron chi connectivity index (χ1n) is 9.60. The number of hydrogen-bond acceptors (Lipinski definition) is 2. The van der Waals surface area contributed by atoms with Crippen molar-refractivity contribution in [2.24, 2.45) is 0 Å². The van der Waals surface area contributed by atoms with Gasteiger partial charge in [-0.05, 0) is 60.8 Å². The number of aryl methyl sites for hydroxylation is 1. The second-order valence-electron chi connectivity index (χ2n) is 7.56. The first-order valence-corrected chi connectivity index (χ1v) is 9.60. The lowest BCUT2D eigenvalue weighted by molar-refractivity contribution is 0.159. The minimum Gasteiger partial charge on any atom is -0.393 e. The van der Waals surface area contributed by atoms with E-state index in [4.69, 9.17) is 0 Å². The van der Waals surface area contributed by atoms with E-state index < -0.39 is 0 Å². The Labute approximate surface area is 154 Å². The number of urea groups is 1. The molecule has 1 fully saturated rings. The molecule has 0 unspecified atom stereocenters. The summed E-state index contributed by atoms with van der Waals surface area (Å²) in [6, 6.07) is 16.6. The summed E-state index contributed by atoms with van der Waals surface area (Å²) in [5.74, 6) is 0.529. The van der Waals surface area contributed by atoms with Crippen LogP contribution in [0.1, 0.15) is 48.3 Å². The van der Waals surface area contributed by atoms with E-state index in [1.807, 2.05) is 18.2 Å². The molecule has 0 radical (unpaired) electrons. The Bertz CT molecular complexity index is 775. The Kier molecular flexibility index (Phi) is 4.93. The normalized spacial score (nSPS) is 24.7. The van der Waals surface area contributed by atoms with Crippen molar-refractivity contribution >= 4 is 11.7 Å². The molecule has 2 aliphatic rings. The third-order valence-corrected chi connectivity index (χ3v) is 5.75. The highest BCUT2D eigenvalue weighted by atomic mass is 16.3. The molecule has 2 aliphatic carbocycles. The predicted molar refractivity (Wildman–Crippen MR) is 103 cm³/mol. The number of amides is 2. The van der Waals surface area contributed by atoms with Crippen molar-refractivity contribution in [1.82, 2.24) is 5.32 Å². The summed E-state index contributed by atoms with van der Waals surface area (Å²) in [6.07, 6.45) is 5.09. The molecule has 2 amide bonds. The van der Waals surface area contributed by atoms with Gasteiger partial charge in [-0.2, -0.15) is 0 Å². The fourth-order valence-corrected chi connectivity index (χ4v) is 4.37. The fraction of sp³-hybridized carbons (Fsp3) is 0.409. The van der Waals surface area contributed by atoms with Crippen LogP contribution in [0.5, 0.6) is 0 Å². The van der Waals surface area contributed by atoms with Crippen molar-refractivity contribution in [3.63, 3.8) is 0 Å². The Hall–Kier alpha value is -2.33. The van der Waals surface area contributed by atoms with Gasteiger partial charge in [0.15, 0.2) is 0 Å². The van der Waals surface area contributed by atoms with E-state index in [9.17, 15) is 9.90 Å². The number of benzene rings is 2. The van der Waals surface area contributed by atoms with E-state index in [0.29, 0.717) is 12.3 Å². The highest BCUT2D eigenvalue weighted by molar-refractivity contribution is 5.90. The van der Waals surface area contributed by atoms with Crippen LogP contribution in [-0.4, -0.2) is 23.3 Å². The second kappa shape index (κ2) is 7.50. The molecule has 2 aromatic carbocycles. The Morgan fingerprint density at radius 1 is 1.00 bits per heavy atom. The minimum atomic E-state index is -0.310. The summed E-state index contributed by atoms with van der Waals surface area (Å²) in [5.41, 5.74) is 4.51. The summed E-state index contributed by atoms with van der Waals surface area (Å²) < 4.78 is 0. The number of hydrogen-bond donors (Lipinski definition) is 3. The highest BCUT2D eigenvalue weighted by Crippen LogP contribution is 2.34. The zero-order valence-corrected chi connectivity index (χ0v) is 14.9. The highest BCUT2D eigenvalue weighted by Gasteiger charge is 2.27. The molecule has 3 N–H and O–H groups in total. The van der Waals surface area contributed by atoms with Crippen LogP contribution in [0.4, 0.5) is 10.5 Å². The summed E-state index contributed by atoms with van der Waals surface area (Å²) >= 11 is 0. The van der Waals surface area contributed by atoms with Gasteiger partial charge < -0.3 is 15.7 Å². The van der Waals surface area contributed by atoms with E-state index in [1.165, 1.54) is 11.1 Å². The molecule has 136 valence electrons. The zero-order chi connectivity index (χ0) is 17.9. The quantitative estimate of drug-likeness (QED) is 0.784. The molecule has 0 spiro atoms. The number of aliphatic hydroxyl groups is 1. The van der Waals surface area contributed by atoms with Crippen LogP contribution in [0.3, 0.4) is 0 Å². The maximum absolute atomic E-state index is 12.5. The number of anilines is 1. The Balaban J connectivity index is 1.37. The maximum Gasteiger partial charge on any atom is 0.319 e. The Morgan fingerprint density at radius 2 is 1.85 bits per heavy atom. The van der Waals surface area contributed by atoms with E-state index >= 15 is 0 Å². The number of carbonyl (C=O) groups excluding carboxylic acids is 1. The average molecular weight is 350 g/mol. The lowest BCUT2D eigenvalue weighted by atomic mass is 9.88. The number of rotatable bonds is 3. The van der Waals surface area contributed by atoms with Crippen molar-refractivity contribution in [3.05, 3.63) is 65.2 Å². The Morgan fingerprint density at radius 3 is 2.69 bits per heavy atom. The van der Waals surface area contributed by atoms with E-state index in [2.05, 4.69) is 41.0 Å². The van der Waals surface area contributed by atoms with Crippen molar-refractivity contribution in [2.75, 3.05) is 5.32 Å². The predicted octanol–water partition coefficient (Wildman–Crippen LogP) is 3.99. The molecule has 26 heavy (non-hydrogen) atoms. The van der Waals surface area contributed by atoms with Crippen LogP contribution < -0.4 is 10.6 Å². The third-order valence-electron chi connectivity index (χ3n) is 5.75. The van der Waals surface area contributed by atoms with Crippen LogP contribution in [0.25, 0.3) is 0 Å². The molecule has 0 aromatic heterocycles. The molecule has 1 saturated carbocycles. The van der Waals surface area contributed by atoms with Gasteiger partial charge in [0.1, 0.15) is 0 Å². The smallest absolute Gasteiger partial charge is 0.319 e. The maximum atomic E-state index is 12.5. The molecular formula is C22H26N2O2. The molecule has 2 aromatic rings. The van der Waals surface area contributed by atoms with Crippen LogP contribution >= 0.6 is 0 Å². The van der Waals surface area contributed by atoms with Crippen LogP contribution in [0.15, 0.2) is 48.5 Å². The van der Waals surface area contributed by atoms with Gasteiger partial charge in [-0.1, -0.05) is 42.5 Å². The van der Waals surface area contributed by atoms with Gasteiger partial charge in [-0.25, -0.2) is 4.79 Å². The van der Waals surface area contributed by atoms with E-state index in [0.717, 1.165) is 43.4 Å². The van der Waals surface area contributed by atoms with Crippen LogP contribution in [-0.2, 0) is 12.8 Å². The van der Waals surface area contributed by atoms with Gasteiger partial charge in [0, 0.05) is 18.2 Å². The zero-order valence-electron chi connectivity index (χ0n) is 14.9. The van der Waals surface area contributed by atoms with E-state index in [1.54, 1.807) is 0 Å². The summed E-state index contributed by atoms with van der Waals surface area (Å²) in [7, 11) is 0. The minimum absolute atomic E-state index is 0.142. The number of nitrogens with one attached hydrogen (secondary N) is 2. The molecule has 0 heterocycles. The molecule has 3 atom stereocenters. The largest absolute Gasteiger partial charge is 0.393 e. The molecule has 0 bridgehead atoms. The molecule has 0 saturated heterocycles. The summed E-state index contributed by atoms with van der Waals surface area (Å²) in [5, 5.41) is 16.1. The second-order valence-corrected chi connectivity index (χ2v) is 7.56. The molecular weight excluding hydrogens is 324 g/mol. The van der Waals surface area contributed by atoms with Gasteiger partial charge in [-0.15, -0.1) is 0 Å². The number of fused-ring (bicyclic) bond motifs is 1. The number of carbonyl (C=O) groups is 1. The van der Waals surface area contributed by atoms with Crippen LogP contribution in [0, 0.1) is 0 Å². The van der Waals surface area contributed by atoms with E-state index in [-0.39, 0.29) is 18.2 Å². The lowest BCUT2D eigenvalue weighted by Crippen LogP contribution is -2.37. The molecule has 0 aliphatic heterocycles.